The molecule has 1 fully saturated rings. The van der Waals surface area contributed by atoms with Gasteiger partial charge in [-0.25, -0.2) is 0 Å². The van der Waals surface area contributed by atoms with E-state index in [1.54, 1.807) is 0 Å². The Hall–Kier alpha value is -0.860. The zero-order valence-corrected chi connectivity index (χ0v) is 12.1. The maximum Gasteiger partial charge on any atom is 0.0446 e. The Morgan fingerprint density at radius 1 is 1.39 bits per heavy atom. The standard InChI is InChI=1S/C16H26N2/c1-12-6-5-7-15(10-12)16(17-3)11-18(4)13(2)14-8-9-14/h5-7,10,13-14,16-17H,8-9,11H2,1-4H3. The monoisotopic (exact) mass is 246 g/mol. The molecule has 2 atom stereocenters. The van der Waals surface area contributed by atoms with Crippen LogP contribution in [0.3, 0.4) is 0 Å². The Morgan fingerprint density at radius 2 is 2.11 bits per heavy atom. The molecular weight excluding hydrogens is 220 g/mol. The summed E-state index contributed by atoms with van der Waals surface area (Å²) < 4.78 is 0. The third-order valence-corrected chi connectivity index (χ3v) is 4.26. The number of rotatable bonds is 6. The van der Waals surface area contributed by atoms with Crippen LogP contribution in [0.15, 0.2) is 24.3 Å². The van der Waals surface area contributed by atoms with Gasteiger partial charge in [-0.1, -0.05) is 29.8 Å². The minimum atomic E-state index is 0.427. The number of hydrogen-bond acceptors (Lipinski definition) is 2. The molecule has 18 heavy (non-hydrogen) atoms. The Labute approximate surface area is 111 Å². The number of benzene rings is 1. The molecule has 2 unspecified atom stereocenters. The Kier molecular flexibility index (Phi) is 4.41. The molecule has 0 radical (unpaired) electrons. The normalized spacial score (nSPS) is 18.9. The molecule has 2 rings (SSSR count). The lowest BCUT2D eigenvalue weighted by atomic mass is 10.0. The third kappa shape index (κ3) is 3.33. The predicted octanol–water partition coefficient (Wildman–Crippen LogP) is 2.99. The summed E-state index contributed by atoms with van der Waals surface area (Å²) in [6.45, 7) is 5.60. The minimum Gasteiger partial charge on any atom is -0.312 e. The lowest BCUT2D eigenvalue weighted by Gasteiger charge is -2.29. The first-order valence-electron chi connectivity index (χ1n) is 7.06. The second-order valence-corrected chi connectivity index (χ2v) is 5.77. The summed E-state index contributed by atoms with van der Waals surface area (Å²) in [6, 6.07) is 9.97. The molecule has 0 saturated heterocycles. The summed E-state index contributed by atoms with van der Waals surface area (Å²) in [4.78, 5) is 2.50. The van der Waals surface area contributed by atoms with Crippen molar-refractivity contribution in [2.75, 3.05) is 20.6 Å². The summed E-state index contributed by atoms with van der Waals surface area (Å²) in [5.41, 5.74) is 2.73. The number of hydrogen-bond donors (Lipinski definition) is 1. The quantitative estimate of drug-likeness (QED) is 0.830. The van der Waals surface area contributed by atoms with Gasteiger partial charge in [0.05, 0.1) is 0 Å². The van der Waals surface area contributed by atoms with Crippen LogP contribution in [0.25, 0.3) is 0 Å². The first-order chi connectivity index (χ1) is 8.61. The zero-order chi connectivity index (χ0) is 13.1. The number of aryl methyl sites for hydroxylation is 1. The van der Waals surface area contributed by atoms with Crippen LogP contribution in [0, 0.1) is 12.8 Å². The van der Waals surface area contributed by atoms with Crippen LogP contribution < -0.4 is 5.32 Å². The van der Waals surface area contributed by atoms with E-state index in [9.17, 15) is 0 Å². The first-order valence-corrected chi connectivity index (χ1v) is 7.06. The highest BCUT2D eigenvalue weighted by Gasteiger charge is 2.31. The average molecular weight is 246 g/mol. The zero-order valence-electron chi connectivity index (χ0n) is 12.1. The molecule has 1 aliphatic carbocycles. The highest BCUT2D eigenvalue weighted by Crippen LogP contribution is 2.35. The van der Waals surface area contributed by atoms with Crippen molar-refractivity contribution in [3.63, 3.8) is 0 Å². The Bertz CT molecular complexity index is 384. The molecule has 1 N–H and O–H groups in total. The molecule has 2 nitrogen and oxygen atoms in total. The molecule has 2 heteroatoms. The van der Waals surface area contributed by atoms with Gasteiger partial charge in [-0.2, -0.15) is 0 Å². The van der Waals surface area contributed by atoms with E-state index in [-0.39, 0.29) is 0 Å². The highest BCUT2D eigenvalue weighted by molar-refractivity contribution is 5.25. The van der Waals surface area contributed by atoms with Crippen molar-refractivity contribution in [3.05, 3.63) is 35.4 Å². The molecule has 1 aliphatic rings. The van der Waals surface area contributed by atoms with E-state index < -0.39 is 0 Å². The van der Waals surface area contributed by atoms with E-state index in [0.717, 1.165) is 12.5 Å². The van der Waals surface area contributed by atoms with Crippen LogP contribution in [-0.4, -0.2) is 31.6 Å². The Balaban J connectivity index is 2.00. The summed E-state index contributed by atoms with van der Waals surface area (Å²) in [5, 5.41) is 3.45. The van der Waals surface area contributed by atoms with Crippen LogP contribution in [-0.2, 0) is 0 Å². The van der Waals surface area contributed by atoms with Gasteiger partial charge >= 0.3 is 0 Å². The van der Waals surface area contributed by atoms with Crippen molar-refractivity contribution in [3.8, 4) is 0 Å². The SMILES string of the molecule is CNC(CN(C)C(C)C1CC1)c1cccc(C)c1. The van der Waals surface area contributed by atoms with Gasteiger partial charge in [-0.3, -0.25) is 0 Å². The van der Waals surface area contributed by atoms with E-state index in [4.69, 9.17) is 0 Å². The average Bonchev–Trinajstić information content (AvgIpc) is 3.18. The molecule has 1 aromatic rings. The van der Waals surface area contributed by atoms with Gasteiger partial charge in [-0.05, 0) is 52.3 Å². The molecule has 0 spiro atoms. The van der Waals surface area contributed by atoms with Crippen molar-refractivity contribution in [1.82, 2.24) is 10.2 Å². The molecule has 0 aromatic heterocycles. The fraction of sp³-hybridized carbons (Fsp3) is 0.625. The van der Waals surface area contributed by atoms with Crippen LogP contribution in [0.2, 0.25) is 0 Å². The van der Waals surface area contributed by atoms with E-state index >= 15 is 0 Å². The molecule has 0 bridgehead atoms. The van der Waals surface area contributed by atoms with Crippen LogP contribution in [0.1, 0.15) is 36.9 Å². The van der Waals surface area contributed by atoms with Crippen molar-refractivity contribution in [1.29, 1.82) is 0 Å². The summed E-state index contributed by atoms with van der Waals surface area (Å²) in [7, 11) is 4.31. The van der Waals surface area contributed by atoms with Crippen molar-refractivity contribution < 1.29 is 0 Å². The van der Waals surface area contributed by atoms with Crippen molar-refractivity contribution in [2.24, 2.45) is 5.92 Å². The topological polar surface area (TPSA) is 15.3 Å². The molecular formula is C16H26N2. The van der Waals surface area contributed by atoms with Gasteiger partial charge in [0, 0.05) is 18.6 Å². The minimum absolute atomic E-state index is 0.427. The van der Waals surface area contributed by atoms with Gasteiger partial charge in [0.15, 0.2) is 0 Å². The molecule has 100 valence electrons. The van der Waals surface area contributed by atoms with Crippen LogP contribution in [0.4, 0.5) is 0 Å². The predicted molar refractivity (Wildman–Crippen MR) is 77.8 cm³/mol. The fourth-order valence-corrected chi connectivity index (χ4v) is 2.64. The first kappa shape index (κ1) is 13.6. The third-order valence-electron chi connectivity index (χ3n) is 4.26. The van der Waals surface area contributed by atoms with E-state index in [0.29, 0.717) is 12.1 Å². The van der Waals surface area contributed by atoms with E-state index in [1.165, 1.54) is 24.0 Å². The van der Waals surface area contributed by atoms with Gasteiger partial charge < -0.3 is 10.2 Å². The maximum absolute atomic E-state index is 3.45. The molecule has 0 aliphatic heterocycles. The molecule has 0 heterocycles. The largest absolute Gasteiger partial charge is 0.312 e. The Morgan fingerprint density at radius 3 is 2.67 bits per heavy atom. The van der Waals surface area contributed by atoms with Crippen LogP contribution >= 0.6 is 0 Å². The van der Waals surface area contributed by atoms with Gasteiger partial charge in [0.2, 0.25) is 0 Å². The summed E-state index contributed by atoms with van der Waals surface area (Å²) >= 11 is 0. The summed E-state index contributed by atoms with van der Waals surface area (Å²) in [6.07, 6.45) is 2.83. The second kappa shape index (κ2) is 5.85. The highest BCUT2D eigenvalue weighted by atomic mass is 15.2. The van der Waals surface area contributed by atoms with Gasteiger partial charge in [0.25, 0.3) is 0 Å². The molecule has 1 saturated carbocycles. The van der Waals surface area contributed by atoms with Crippen molar-refractivity contribution >= 4 is 0 Å². The van der Waals surface area contributed by atoms with E-state index in [1.807, 2.05) is 0 Å². The smallest absolute Gasteiger partial charge is 0.0446 e. The summed E-state index contributed by atoms with van der Waals surface area (Å²) in [5.74, 6) is 0.935. The van der Waals surface area contributed by atoms with Gasteiger partial charge in [0.1, 0.15) is 0 Å². The lowest BCUT2D eigenvalue weighted by molar-refractivity contribution is 0.213. The molecule has 1 aromatic carbocycles. The van der Waals surface area contributed by atoms with E-state index in [2.05, 4.69) is 62.4 Å². The number of nitrogens with zero attached hydrogens (tertiary/aromatic N) is 1. The number of nitrogens with one attached hydrogen (secondary N) is 1. The molecule has 0 amide bonds. The lowest BCUT2D eigenvalue weighted by Crippen LogP contribution is -2.37. The van der Waals surface area contributed by atoms with Crippen molar-refractivity contribution in [2.45, 2.75) is 38.8 Å². The second-order valence-electron chi connectivity index (χ2n) is 5.77. The fourth-order valence-electron chi connectivity index (χ4n) is 2.64. The maximum atomic E-state index is 3.45. The van der Waals surface area contributed by atoms with Gasteiger partial charge in [-0.15, -0.1) is 0 Å². The van der Waals surface area contributed by atoms with Crippen LogP contribution in [0.5, 0.6) is 0 Å². The number of likely N-dealkylation sites (N-methyl/N-ethyl adjacent to an activating group) is 2.